The van der Waals surface area contributed by atoms with Crippen LogP contribution in [-0.4, -0.2) is 43.1 Å². The van der Waals surface area contributed by atoms with Gasteiger partial charge < -0.3 is 9.53 Å². The molecule has 0 radical (unpaired) electrons. The van der Waals surface area contributed by atoms with Gasteiger partial charge in [0.05, 0.1) is 19.3 Å². The predicted molar refractivity (Wildman–Crippen MR) is 70.3 cm³/mol. The summed E-state index contributed by atoms with van der Waals surface area (Å²) in [5.41, 5.74) is 0. The average molecular weight is 279 g/mol. The van der Waals surface area contributed by atoms with E-state index < -0.39 is 14.4 Å². The highest BCUT2D eigenvalue weighted by atomic mass is 32.2. The zero-order chi connectivity index (χ0) is 13.3. The van der Waals surface area contributed by atoms with Crippen molar-refractivity contribution in [1.82, 2.24) is 4.31 Å². The second-order valence-corrected chi connectivity index (χ2v) is 11.3. The van der Waals surface area contributed by atoms with Gasteiger partial charge in [-0.15, -0.1) is 0 Å². The van der Waals surface area contributed by atoms with Crippen molar-refractivity contribution >= 4 is 26.6 Å². The van der Waals surface area contributed by atoms with Gasteiger partial charge in [0.2, 0.25) is 0 Å². The van der Waals surface area contributed by atoms with E-state index >= 15 is 0 Å². The molecule has 7 heteroatoms. The first-order valence-electron chi connectivity index (χ1n) is 5.61. The van der Waals surface area contributed by atoms with Gasteiger partial charge in [0.1, 0.15) is 12.2 Å². The third-order valence-corrected chi connectivity index (χ3v) is 8.71. The van der Waals surface area contributed by atoms with Gasteiger partial charge in [-0.2, -0.15) is 0 Å². The number of amides is 1. The molecule has 0 bridgehead atoms. The molecule has 1 aliphatic heterocycles. The van der Waals surface area contributed by atoms with Crippen LogP contribution in [0, 0.1) is 0 Å². The third kappa shape index (κ3) is 3.61. The summed E-state index contributed by atoms with van der Waals surface area (Å²) in [6, 6.07) is -0.202. The van der Waals surface area contributed by atoms with Gasteiger partial charge in [0, 0.05) is 0 Å². The summed E-state index contributed by atoms with van der Waals surface area (Å²) in [6.07, 6.45) is -0.976. The maximum atomic E-state index is 10.9. The van der Waals surface area contributed by atoms with Crippen LogP contribution in [0.3, 0.4) is 0 Å². The number of hydrogen-bond acceptors (Lipinski definition) is 4. The third-order valence-electron chi connectivity index (χ3n) is 3.36. The van der Waals surface area contributed by atoms with Crippen molar-refractivity contribution in [3.05, 3.63) is 0 Å². The van der Waals surface area contributed by atoms with Gasteiger partial charge in [0.15, 0.2) is 8.32 Å². The van der Waals surface area contributed by atoms with E-state index in [9.17, 15) is 4.79 Å². The highest BCUT2D eigenvalue weighted by Gasteiger charge is 2.39. The van der Waals surface area contributed by atoms with E-state index in [-0.39, 0.29) is 11.1 Å². The van der Waals surface area contributed by atoms with Crippen molar-refractivity contribution in [2.24, 2.45) is 0 Å². The van der Waals surface area contributed by atoms with E-state index in [1.54, 1.807) is 0 Å². The zero-order valence-corrected chi connectivity index (χ0v) is 12.8. The van der Waals surface area contributed by atoms with Crippen LogP contribution in [0.1, 0.15) is 20.8 Å². The molecule has 17 heavy (non-hydrogen) atoms. The van der Waals surface area contributed by atoms with Crippen molar-refractivity contribution < 1.29 is 18.5 Å². The minimum absolute atomic E-state index is 0.133. The van der Waals surface area contributed by atoms with E-state index in [4.69, 9.17) is 13.7 Å². The lowest BCUT2D eigenvalue weighted by atomic mass is 10.2. The Balaban J connectivity index is 2.53. The van der Waals surface area contributed by atoms with Gasteiger partial charge in [-0.1, -0.05) is 20.8 Å². The van der Waals surface area contributed by atoms with E-state index in [2.05, 4.69) is 33.9 Å². The number of hydrogen-bond donors (Lipinski definition) is 1. The first-order chi connectivity index (χ1) is 7.65. The molecule has 1 atom stereocenters. The van der Waals surface area contributed by atoms with Crippen LogP contribution in [0.25, 0.3) is 0 Å². The van der Waals surface area contributed by atoms with Crippen molar-refractivity contribution in [3.8, 4) is 0 Å². The second kappa shape index (κ2) is 5.17. The number of nitrogens with zero attached hydrogens (tertiary/aromatic N) is 1. The minimum atomic E-state index is -1.82. The molecule has 0 aliphatic carbocycles. The van der Waals surface area contributed by atoms with Crippen LogP contribution in [0.5, 0.6) is 0 Å². The minimum Gasteiger partial charge on any atom is -0.464 e. The van der Waals surface area contributed by atoms with Gasteiger partial charge >= 0.3 is 6.09 Å². The SMILES string of the molecule is CC(C)(C)[Si](C)(C)OC[C@H]1COSN1C(=O)O. The van der Waals surface area contributed by atoms with Crippen LogP contribution in [-0.2, 0) is 8.61 Å². The first kappa shape index (κ1) is 14.8. The van der Waals surface area contributed by atoms with Crippen molar-refractivity contribution in [2.45, 2.75) is 44.9 Å². The lowest BCUT2D eigenvalue weighted by molar-refractivity contribution is 0.145. The quantitative estimate of drug-likeness (QED) is 0.489. The Hall–Kier alpha value is -0.243. The topological polar surface area (TPSA) is 59.0 Å². The van der Waals surface area contributed by atoms with Crippen molar-refractivity contribution in [2.75, 3.05) is 13.2 Å². The summed E-state index contributed by atoms with van der Waals surface area (Å²) in [7, 11) is -1.82. The molecule has 0 aromatic rings. The number of carbonyl (C=O) groups is 1. The Labute approximate surface area is 108 Å². The summed E-state index contributed by atoms with van der Waals surface area (Å²) in [5.74, 6) is 0. The maximum Gasteiger partial charge on any atom is 0.419 e. The van der Waals surface area contributed by atoms with E-state index in [0.717, 1.165) is 12.2 Å². The number of rotatable bonds is 3. The molecule has 5 nitrogen and oxygen atoms in total. The highest BCUT2D eigenvalue weighted by Crippen LogP contribution is 2.37. The number of carboxylic acid groups (broad SMARTS) is 1. The molecule has 1 rings (SSSR count). The van der Waals surface area contributed by atoms with Crippen LogP contribution >= 0.6 is 12.2 Å². The lowest BCUT2D eigenvalue weighted by Crippen LogP contribution is -2.45. The lowest BCUT2D eigenvalue weighted by Gasteiger charge is -2.37. The maximum absolute atomic E-state index is 10.9. The normalized spacial score (nSPS) is 21.9. The van der Waals surface area contributed by atoms with E-state index in [1.807, 2.05) is 0 Å². The van der Waals surface area contributed by atoms with Crippen LogP contribution in [0.15, 0.2) is 0 Å². The molecule has 0 spiro atoms. The molecule has 0 aromatic heterocycles. The Morgan fingerprint density at radius 1 is 1.59 bits per heavy atom. The summed E-state index contributed by atoms with van der Waals surface area (Å²) in [5, 5.41) is 9.09. The summed E-state index contributed by atoms with van der Waals surface area (Å²) in [6.45, 7) is 11.6. The molecule has 1 N–H and O–H groups in total. The van der Waals surface area contributed by atoms with Gasteiger partial charge in [-0.3, -0.25) is 4.18 Å². The Bertz CT molecular complexity index is 293. The molecule has 0 saturated carbocycles. The fraction of sp³-hybridized carbons (Fsp3) is 0.900. The summed E-state index contributed by atoms with van der Waals surface area (Å²) in [4.78, 5) is 10.9. The fourth-order valence-electron chi connectivity index (χ4n) is 1.12. The average Bonchev–Trinajstić information content (AvgIpc) is 2.60. The highest BCUT2D eigenvalue weighted by molar-refractivity contribution is 7.93. The molecule has 0 unspecified atom stereocenters. The molecule has 1 amide bonds. The standard InChI is InChI=1S/C10H21NO4SSi/c1-10(2,3)17(4,5)15-7-8-6-14-16-11(8)9(12)13/h8H,6-7H2,1-5H3,(H,12,13)/t8-/m1/s1. The predicted octanol–water partition coefficient (Wildman–Crippen LogP) is 2.95. The fourth-order valence-corrected chi connectivity index (χ4v) is 2.80. The molecule has 1 saturated heterocycles. The van der Waals surface area contributed by atoms with Crippen LogP contribution in [0.2, 0.25) is 18.1 Å². The molecule has 0 aromatic carbocycles. The van der Waals surface area contributed by atoms with Gasteiger partial charge in [0.25, 0.3) is 0 Å². The molecule has 1 heterocycles. The second-order valence-electron chi connectivity index (χ2n) is 5.69. The van der Waals surface area contributed by atoms with Crippen molar-refractivity contribution in [3.63, 3.8) is 0 Å². The first-order valence-corrected chi connectivity index (χ1v) is 9.21. The monoisotopic (exact) mass is 279 g/mol. The van der Waals surface area contributed by atoms with E-state index in [0.29, 0.717) is 13.2 Å². The molecule has 1 aliphatic rings. The Kier molecular flexibility index (Phi) is 4.51. The summed E-state index contributed by atoms with van der Waals surface area (Å²) < 4.78 is 12.3. The molecular formula is C10H21NO4SSi. The smallest absolute Gasteiger partial charge is 0.419 e. The Morgan fingerprint density at radius 3 is 2.65 bits per heavy atom. The molecular weight excluding hydrogens is 258 g/mol. The molecule has 100 valence electrons. The summed E-state index contributed by atoms with van der Waals surface area (Å²) >= 11 is 0.886. The van der Waals surface area contributed by atoms with Gasteiger partial charge in [-0.25, -0.2) is 9.10 Å². The Morgan fingerprint density at radius 2 is 2.18 bits per heavy atom. The van der Waals surface area contributed by atoms with Crippen LogP contribution < -0.4 is 0 Å². The zero-order valence-electron chi connectivity index (χ0n) is 11.0. The molecule has 1 fully saturated rings. The van der Waals surface area contributed by atoms with Gasteiger partial charge in [-0.05, 0) is 18.1 Å². The van der Waals surface area contributed by atoms with Crippen molar-refractivity contribution in [1.29, 1.82) is 0 Å². The van der Waals surface area contributed by atoms with E-state index in [1.165, 1.54) is 4.31 Å². The van der Waals surface area contributed by atoms with Crippen LogP contribution in [0.4, 0.5) is 4.79 Å². The largest absolute Gasteiger partial charge is 0.464 e.